The zero-order valence-corrected chi connectivity index (χ0v) is 15.1. The first-order valence-corrected chi connectivity index (χ1v) is 8.63. The number of nitrogens with zero attached hydrogens (tertiary/aromatic N) is 1. The van der Waals surface area contributed by atoms with Crippen molar-refractivity contribution in [3.05, 3.63) is 29.5 Å². The standard InChI is InChI=1S/C19H25N3O3/c1-10(2)17-19(25)21-13(9-23)7-12-8-20-15-6-5-14(11(3)24)18(16(12)15)22(17)4/h5-6,8,10,13,17,20,23H,7,9H2,1-4H3,(H,21,25)/t13-,17-/m1/s1. The summed E-state index contributed by atoms with van der Waals surface area (Å²) in [6.07, 6.45) is 2.41. The lowest BCUT2D eigenvalue weighted by Crippen LogP contribution is -2.52. The maximum absolute atomic E-state index is 12.9. The summed E-state index contributed by atoms with van der Waals surface area (Å²) in [5.41, 5.74) is 3.31. The van der Waals surface area contributed by atoms with Crippen LogP contribution < -0.4 is 10.2 Å². The Bertz CT molecular complexity index is 825. The van der Waals surface area contributed by atoms with Crippen molar-refractivity contribution in [1.29, 1.82) is 0 Å². The normalized spacial score (nSPS) is 21.0. The lowest BCUT2D eigenvalue weighted by atomic mass is 9.97. The molecule has 2 atom stereocenters. The molecule has 0 radical (unpaired) electrons. The van der Waals surface area contributed by atoms with E-state index >= 15 is 0 Å². The van der Waals surface area contributed by atoms with Gasteiger partial charge in [0.05, 0.1) is 18.3 Å². The number of ketones is 1. The van der Waals surface area contributed by atoms with Crippen LogP contribution in [0.15, 0.2) is 18.3 Å². The predicted octanol–water partition coefficient (Wildman–Crippen LogP) is 1.86. The molecule has 0 saturated heterocycles. The van der Waals surface area contributed by atoms with Crippen LogP contribution in [-0.4, -0.2) is 47.5 Å². The monoisotopic (exact) mass is 343 g/mol. The number of H-pyrrole nitrogens is 1. The number of hydrogen-bond acceptors (Lipinski definition) is 4. The number of carbonyl (C=O) groups is 2. The Morgan fingerprint density at radius 3 is 2.72 bits per heavy atom. The molecule has 6 nitrogen and oxygen atoms in total. The van der Waals surface area contributed by atoms with E-state index in [1.807, 2.05) is 44.1 Å². The maximum atomic E-state index is 12.9. The second-order valence-electron chi connectivity index (χ2n) is 7.15. The fourth-order valence-corrected chi connectivity index (χ4v) is 3.86. The molecule has 1 amide bonds. The van der Waals surface area contributed by atoms with Crippen molar-refractivity contribution in [3.63, 3.8) is 0 Å². The van der Waals surface area contributed by atoms with Gasteiger partial charge in [-0.3, -0.25) is 9.59 Å². The third kappa shape index (κ3) is 2.91. The molecule has 134 valence electrons. The van der Waals surface area contributed by atoms with Crippen molar-refractivity contribution in [2.24, 2.45) is 5.92 Å². The number of aliphatic hydroxyl groups is 1. The Labute approximate surface area is 147 Å². The van der Waals surface area contributed by atoms with Crippen LogP contribution in [0.4, 0.5) is 5.69 Å². The summed E-state index contributed by atoms with van der Waals surface area (Å²) in [4.78, 5) is 30.3. The van der Waals surface area contributed by atoms with Crippen molar-refractivity contribution >= 4 is 28.3 Å². The summed E-state index contributed by atoms with van der Waals surface area (Å²) >= 11 is 0. The largest absolute Gasteiger partial charge is 0.394 e. The number of aromatic nitrogens is 1. The van der Waals surface area contributed by atoms with E-state index in [0.717, 1.165) is 22.2 Å². The predicted molar refractivity (Wildman–Crippen MR) is 98.1 cm³/mol. The average Bonchev–Trinajstić information content (AvgIpc) is 2.96. The molecule has 6 heteroatoms. The zero-order valence-electron chi connectivity index (χ0n) is 15.1. The molecule has 1 aromatic heterocycles. The van der Waals surface area contributed by atoms with Crippen LogP contribution in [0.25, 0.3) is 10.9 Å². The number of amides is 1. The zero-order chi connectivity index (χ0) is 18.3. The van der Waals surface area contributed by atoms with Gasteiger partial charge in [-0.1, -0.05) is 13.8 Å². The molecule has 0 unspecified atom stereocenters. The van der Waals surface area contributed by atoms with Crippen molar-refractivity contribution in [2.45, 2.75) is 39.3 Å². The smallest absolute Gasteiger partial charge is 0.243 e. The highest BCUT2D eigenvalue weighted by Gasteiger charge is 2.33. The van der Waals surface area contributed by atoms with E-state index in [4.69, 9.17) is 0 Å². The molecule has 0 saturated carbocycles. The van der Waals surface area contributed by atoms with Crippen LogP contribution in [0.1, 0.15) is 36.7 Å². The van der Waals surface area contributed by atoms with Crippen molar-refractivity contribution < 1.29 is 14.7 Å². The lowest BCUT2D eigenvalue weighted by Gasteiger charge is -2.33. The highest BCUT2D eigenvalue weighted by molar-refractivity contribution is 6.10. The first kappa shape index (κ1) is 17.5. The summed E-state index contributed by atoms with van der Waals surface area (Å²) in [6.45, 7) is 5.39. The molecule has 3 rings (SSSR count). The Hall–Kier alpha value is -2.34. The van der Waals surface area contributed by atoms with Gasteiger partial charge >= 0.3 is 0 Å². The number of Topliss-reactive ketones (excluding diaryl/α,β-unsaturated/α-hetero) is 1. The molecule has 1 aliphatic rings. The van der Waals surface area contributed by atoms with Gasteiger partial charge in [0.1, 0.15) is 6.04 Å². The SMILES string of the molecule is CC(=O)c1ccc2[nH]cc3c2c1N(C)[C@H](C(C)C)C(=O)N[C@@H](CO)C3. The number of aliphatic hydroxyl groups excluding tert-OH is 1. The molecule has 0 spiro atoms. The van der Waals surface area contributed by atoms with Crippen LogP contribution in [0.2, 0.25) is 0 Å². The second-order valence-corrected chi connectivity index (χ2v) is 7.15. The molecular weight excluding hydrogens is 318 g/mol. The van der Waals surface area contributed by atoms with Gasteiger partial charge in [0.2, 0.25) is 5.91 Å². The van der Waals surface area contributed by atoms with Gasteiger partial charge in [-0.25, -0.2) is 0 Å². The number of rotatable bonds is 3. The summed E-state index contributed by atoms with van der Waals surface area (Å²) in [5, 5.41) is 13.6. The van der Waals surface area contributed by atoms with E-state index in [0.29, 0.717) is 12.0 Å². The van der Waals surface area contributed by atoms with Crippen molar-refractivity contribution in [3.8, 4) is 0 Å². The van der Waals surface area contributed by atoms with Gasteiger partial charge in [-0.15, -0.1) is 0 Å². The topological polar surface area (TPSA) is 85.4 Å². The molecule has 2 aromatic rings. The fourth-order valence-electron chi connectivity index (χ4n) is 3.86. The van der Waals surface area contributed by atoms with E-state index in [-0.39, 0.29) is 30.3 Å². The molecule has 25 heavy (non-hydrogen) atoms. The summed E-state index contributed by atoms with van der Waals surface area (Å²) in [7, 11) is 1.86. The molecule has 3 N–H and O–H groups in total. The molecule has 0 bridgehead atoms. The number of aromatic amines is 1. The van der Waals surface area contributed by atoms with Crippen molar-refractivity contribution in [2.75, 3.05) is 18.6 Å². The molecule has 0 fully saturated rings. The number of hydrogen-bond donors (Lipinski definition) is 3. The maximum Gasteiger partial charge on any atom is 0.243 e. The van der Waals surface area contributed by atoms with Gasteiger partial charge in [0.25, 0.3) is 0 Å². The molecule has 2 heterocycles. The minimum absolute atomic E-state index is 0.0308. The van der Waals surface area contributed by atoms with Gasteiger partial charge in [0, 0.05) is 29.7 Å². The van der Waals surface area contributed by atoms with Crippen LogP contribution in [0.3, 0.4) is 0 Å². The summed E-state index contributed by atoms with van der Waals surface area (Å²) < 4.78 is 0. The highest BCUT2D eigenvalue weighted by atomic mass is 16.3. The number of benzene rings is 1. The minimum atomic E-state index is -0.432. The molecule has 1 aromatic carbocycles. The number of likely N-dealkylation sites (N-methyl/N-ethyl adjacent to an activating group) is 1. The third-order valence-corrected chi connectivity index (χ3v) is 4.98. The van der Waals surface area contributed by atoms with Crippen LogP contribution in [-0.2, 0) is 11.2 Å². The number of nitrogens with one attached hydrogen (secondary N) is 2. The summed E-state index contributed by atoms with van der Waals surface area (Å²) in [5.74, 6) is -0.117. The van der Waals surface area contributed by atoms with E-state index in [2.05, 4.69) is 10.3 Å². The molecule has 0 aliphatic carbocycles. The average molecular weight is 343 g/mol. The summed E-state index contributed by atoms with van der Waals surface area (Å²) in [6, 6.07) is 2.93. The van der Waals surface area contributed by atoms with E-state index in [1.54, 1.807) is 6.92 Å². The van der Waals surface area contributed by atoms with Gasteiger partial charge in [0.15, 0.2) is 5.78 Å². The Morgan fingerprint density at radius 2 is 2.12 bits per heavy atom. The van der Waals surface area contributed by atoms with E-state index in [9.17, 15) is 14.7 Å². The van der Waals surface area contributed by atoms with E-state index in [1.165, 1.54) is 0 Å². The van der Waals surface area contributed by atoms with E-state index < -0.39 is 6.04 Å². The number of anilines is 1. The van der Waals surface area contributed by atoms with Crippen LogP contribution in [0.5, 0.6) is 0 Å². The fraction of sp³-hybridized carbons (Fsp3) is 0.474. The van der Waals surface area contributed by atoms with Gasteiger partial charge in [-0.05, 0) is 37.0 Å². The minimum Gasteiger partial charge on any atom is -0.394 e. The third-order valence-electron chi connectivity index (χ3n) is 4.98. The van der Waals surface area contributed by atoms with Crippen LogP contribution in [0, 0.1) is 5.92 Å². The van der Waals surface area contributed by atoms with Crippen LogP contribution >= 0.6 is 0 Å². The Kier molecular flexibility index (Phi) is 4.56. The highest BCUT2D eigenvalue weighted by Crippen LogP contribution is 2.36. The second kappa shape index (κ2) is 6.52. The van der Waals surface area contributed by atoms with Gasteiger partial charge in [-0.2, -0.15) is 0 Å². The Balaban J connectivity index is 2.33. The quantitative estimate of drug-likeness (QED) is 0.743. The number of carbonyl (C=O) groups excluding carboxylic acids is 2. The van der Waals surface area contributed by atoms with Gasteiger partial charge < -0.3 is 20.3 Å². The first-order chi connectivity index (χ1) is 11.8. The molecular formula is C19H25N3O3. The molecule has 1 aliphatic heterocycles. The first-order valence-electron chi connectivity index (χ1n) is 8.63. The van der Waals surface area contributed by atoms with Crippen molar-refractivity contribution in [1.82, 2.24) is 10.3 Å². The Morgan fingerprint density at radius 1 is 1.40 bits per heavy atom. The lowest BCUT2D eigenvalue weighted by molar-refractivity contribution is -0.124.